The monoisotopic (exact) mass is 253 g/mol. The predicted molar refractivity (Wildman–Crippen MR) is 70.6 cm³/mol. The van der Waals surface area contributed by atoms with E-state index in [9.17, 15) is 0 Å². The lowest BCUT2D eigenvalue weighted by atomic mass is 10.2. The van der Waals surface area contributed by atoms with Crippen LogP contribution in [-0.2, 0) is 0 Å². The van der Waals surface area contributed by atoms with Crippen LogP contribution in [0.2, 0.25) is 5.02 Å². The highest BCUT2D eigenvalue weighted by molar-refractivity contribution is 7.80. The normalized spacial score (nSPS) is 9.31. The van der Waals surface area contributed by atoms with E-state index in [-0.39, 0.29) is 0 Å². The van der Waals surface area contributed by atoms with Gasteiger partial charge in [0.25, 0.3) is 0 Å². The molecule has 0 aliphatic rings. The Morgan fingerprint density at radius 3 is 2.94 bits per heavy atom. The fourth-order valence-electron chi connectivity index (χ4n) is 1.08. The molecule has 1 rings (SSSR count). The third kappa shape index (κ3) is 4.05. The van der Waals surface area contributed by atoms with Crippen molar-refractivity contribution in [3.63, 3.8) is 0 Å². The molecule has 0 amide bonds. The summed E-state index contributed by atoms with van der Waals surface area (Å²) in [5.41, 5.74) is 1.86. The smallest absolute Gasteiger partial charge is 0.170 e. The standard InChI is InChI=1S/C11H12ClN3S/c1-8-3-4-9(7-10(8)12)15-11(16)14-6-2-5-13/h3-4,7H,2,6H2,1H3,(H2,14,15,16). The van der Waals surface area contributed by atoms with Crippen molar-refractivity contribution in [2.24, 2.45) is 0 Å². The highest BCUT2D eigenvalue weighted by Crippen LogP contribution is 2.19. The first-order valence-electron chi connectivity index (χ1n) is 4.81. The predicted octanol–water partition coefficient (Wildman–Crippen LogP) is 2.85. The maximum Gasteiger partial charge on any atom is 0.170 e. The van der Waals surface area contributed by atoms with Gasteiger partial charge >= 0.3 is 0 Å². The van der Waals surface area contributed by atoms with Crippen LogP contribution in [0.1, 0.15) is 12.0 Å². The highest BCUT2D eigenvalue weighted by atomic mass is 35.5. The van der Waals surface area contributed by atoms with Crippen molar-refractivity contribution in [3.8, 4) is 6.07 Å². The second kappa shape index (κ2) is 6.31. The van der Waals surface area contributed by atoms with Gasteiger partial charge in [0.2, 0.25) is 0 Å². The van der Waals surface area contributed by atoms with Gasteiger partial charge in [-0.3, -0.25) is 0 Å². The van der Waals surface area contributed by atoms with Gasteiger partial charge in [-0.05, 0) is 36.8 Å². The first-order chi connectivity index (χ1) is 7.63. The largest absolute Gasteiger partial charge is 0.361 e. The van der Waals surface area contributed by atoms with Crippen LogP contribution in [0.25, 0.3) is 0 Å². The van der Waals surface area contributed by atoms with E-state index in [1.165, 1.54) is 0 Å². The molecule has 1 aromatic carbocycles. The van der Waals surface area contributed by atoms with Gasteiger partial charge in [-0.2, -0.15) is 5.26 Å². The van der Waals surface area contributed by atoms with E-state index in [1.54, 1.807) is 0 Å². The quantitative estimate of drug-likeness (QED) is 0.642. The Kier molecular flexibility index (Phi) is 5.03. The first kappa shape index (κ1) is 12.8. The van der Waals surface area contributed by atoms with Gasteiger partial charge in [0.15, 0.2) is 5.11 Å². The summed E-state index contributed by atoms with van der Waals surface area (Å²) in [5.74, 6) is 0. The molecular weight excluding hydrogens is 242 g/mol. The number of nitriles is 1. The molecule has 0 spiro atoms. The number of nitrogens with zero attached hydrogens (tertiary/aromatic N) is 1. The molecule has 84 valence electrons. The molecule has 5 heteroatoms. The molecule has 0 radical (unpaired) electrons. The second-order valence-corrected chi connectivity index (χ2v) is 4.07. The molecule has 2 N–H and O–H groups in total. The third-order valence-corrected chi connectivity index (χ3v) is 2.61. The summed E-state index contributed by atoms with van der Waals surface area (Å²) in [6.45, 7) is 2.48. The molecule has 0 fully saturated rings. The van der Waals surface area contributed by atoms with Crippen molar-refractivity contribution >= 4 is 34.6 Å². The van der Waals surface area contributed by atoms with Crippen LogP contribution < -0.4 is 10.6 Å². The molecular formula is C11H12ClN3S. The topological polar surface area (TPSA) is 47.8 Å². The van der Waals surface area contributed by atoms with Gasteiger partial charge < -0.3 is 10.6 Å². The molecule has 0 atom stereocenters. The Hall–Kier alpha value is -1.31. The van der Waals surface area contributed by atoms with Crippen molar-refractivity contribution in [2.75, 3.05) is 11.9 Å². The van der Waals surface area contributed by atoms with Crippen LogP contribution in [0.5, 0.6) is 0 Å². The highest BCUT2D eigenvalue weighted by Gasteiger charge is 1.99. The van der Waals surface area contributed by atoms with Crippen molar-refractivity contribution in [1.82, 2.24) is 5.32 Å². The van der Waals surface area contributed by atoms with Gasteiger partial charge in [0, 0.05) is 17.3 Å². The molecule has 0 saturated carbocycles. The summed E-state index contributed by atoms with van der Waals surface area (Å²) in [5, 5.41) is 15.5. The van der Waals surface area contributed by atoms with E-state index in [2.05, 4.69) is 10.6 Å². The molecule has 0 aliphatic heterocycles. The SMILES string of the molecule is Cc1ccc(NC(=S)NCCC#N)cc1Cl. The molecule has 0 aromatic heterocycles. The minimum atomic E-state index is 0.427. The zero-order valence-corrected chi connectivity index (χ0v) is 10.5. The van der Waals surface area contributed by atoms with E-state index < -0.39 is 0 Å². The molecule has 16 heavy (non-hydrogen) atoms. The lowest BCUT2D eigenvalue weighted by molar-refractivity contribution is 0.905. The summed E-state index contributed by atoms with van der Waals surface area (Å²) in [4.78, 5) is 0. The lowest BCUT2D eigenvalue weighted by Crippen LogP contribution is -2.29. The number of hydrogen-bond donors (Lipinski definition) is 2. The van der Waals surface area contributed by atoms with E-state index in [1.807, 2.05) is 31.2 Å². The van der Waals surface area contributed by atoms with Crippen molar-refractivity contribution in [2.45, 2.75) is 13.3 Å². The number of hydrogen-bond acceptors (Lipinski definition) is 2. The van der Waals surface area contributed by atoms with Crippen LogP contribution in [-0.4, -0.2) is 11.7 Å². The Bertz CT molecular complexity index is 426. The maximum absolute atomic E-state index is 8.36. The van der Waals surface area contributed by atoms with Crippen LogP contribution in [0.15, 0.2) is 18.2 Å². The zero-order valence-electron chi connectivity index (χ0n) is 8.88. The van der Waals surface area contributed by atoms with Gasteiger partial charge in [-0.1, -0.05) is 17.7 Å². The van der Waals surface area contributed by atoms with Crippen molar-refractivity contribution in [3.05, 3.63) is 28.8 Å². The maximum atomic E-state index is 8.36. The van der Waals surface area contributed by atoms with Gasteiger partial charge in [0.05, 0.1) is 12.5 Å². The van der Waals surface area contributed by atoms with Crippen LogP contribution in [0, 0.1) is 18.3 Å². The zero-order chi connectivity index (χ0) is 12.0. The number of thiocarbonyl (C=S) groups is 1. The van der Waals surface area contributed by atoms with E-state index in [4.69, 9.17) is 29.1 Å². The number of benzene rings is 1. The number of rotatable bonds is 3. The van der Waals surface area contributed by atoms with E-state index in [0.29, 0.717) is 23.1 Å². The van der Waals surface area contributed by atoms with Crippen molar-refractivity contribution in [1.29, 1.82) is 5.26 Å². The average molecular weight is 254 g/mol. The summed E-state index contributed by atoms with van der Waals surface area (Å²) in [6, 6.07) is 7.67. The Balaban J connectivity index is 2.50. The Labute approximate surface area is 105 Å². The number of aryl methyl sites for hydroxylation is 1. The molecule has 0 unspecified atom stereocenters. The number of anilines is 1. The van der Waals surface area contributed by atoms with Gasteiger partial charge in [-0.15, -0.1) is 0 Å². The fraction of sp³-hybridized carbons (Fsp3) is 0.273. The minimum absolute atomic E-state index is 0.427. The van der Waals surface area contributed by atoms with Crippen molar-refractivity contribution < 1.29 is 0 Å². The summed E-state index contributed by atoms with van der Waals surface area (Å²) < 4.78 is 0. The third-order valence-electron chi connectivity index (χ3n) is 1.95. The summed E-state index contributed by atoms with van der Waals surface area (Å²) in [6.07, 6.45) is 0.427. The average Bonchev–Trinajstić information content (AvgIpc) is 2.24. The van der Waals surface area contributed by atoms with Crippen LogP contribution in [0.3, 0.4) is 0 Å². The Morgan fingerprint density at radius 2 is 2.31 bits per heavy atom. The molecule has 0 saturated heterocycles. The van der Waals surface area contributed by atoms with E-state index >= 15 is 0 Å². The summed E-state index contributed by atoms with van der Waals surface area (Å²) >= 11 is 11.0. The molecule has 1 aromatic rings. The van der Waals surface area contributed by atoms with Crippen LogP contribution in [0.4, 0.5) is 5.69 Å². The lowest BCUT2D eigenvalue weighted by Gasteiger charge is -2.10. The first-order valence-corrected chi connectivity index (χ1v) is 5.60. The second-order valence-electron chi connectivity index (χ2n) is 3.25. The Morgan fingerprint density at radius 1 is 1.56 bits per heavy atom. The molecule has 0 aliphatic carbocycles. The number of halogens is 1. The van der Waals surface area contributed by atoms with Gasteiger partial charge in [0.1, 0.15) is 0 Å². The fourth-order valence-corrected chi connectivity index (χ4v) is 1.48. The molecule has 0 bridgehead atoms. The molecule has 3 nitrogen and oxygen atoms in total. The summed E-state index contributed by atoms with van der Waals surface area (Å²) in [7, 11) is 0. The minimum Gasteiger partial charge on any atom is -0.361 e. The van der Waals surface area contributed by atoms with Crippen LogP contribution >= 0.6 is 23.8 Å². The molecule has 0 heterocycles. The van der Waals surface area contributed by atoms with E-state index in [0.717, 1.165) is 11.3 Å². The number of nitrogens with one attached hydrogen (secondary N) is 2. The van der Waals surface area contributed by atoms with Gasteiger partial charge in [-0.25, -0.2) is 0 Å².